The third-order valence-corrected chi connectivity index (χ3v) is 8.04. The van der Waals surface area contributed by atoms with Gasteiger partial charge in [0.05, 0.1) is 18.6 Å². The van der Waals surface area contributed by atoms with E-state index in [1.807, 2.05) is 86.6 Å². The number of hydrogen-bond donors (Lipinski definition) is 2. The van der Waals surface area contributed by atoms with Gasteiger partial charge in [0, 0.05) is 32.1 Å². The molecule has 5 amide bonds. The quantitative estimate of drug-likeness (QED) is 0.361. The zero-order valence-corrected chi connectivity index (χ0v) is 24.2. The molecular formula is C33H36N4O5. The van der Waals surface area contributed by atoms with E-state index in [0.717, 1.165) is 22.3 Å². The van der Waals surface area contributed by atoms with E-state index in [-0.39, 0.29) is 37.4 Å². The first-order valence-electron chi connectivity index (χ1n) is 14.0. The number of ether oxygens (including phenoxy) is 1. The predicted molar refractivity (Wildman–Crippen MR) is 158 cm³/mol. The molecule has 1 fully saturated rings. The van der Waals surface area contributed by atoms with Gasteiger partial charge in [-0.15, -0.1) is 0 Å². The van der Waals surface area contributed by atoms with Gasteiger partial charge >= 0.3 is 6.03 Å². The molecule has 2 aliphatic rings. The number of imide groups is 1. The Labute approximate surface area is 245 Å². The van der Waals surface area contributed by atoms with Gasteiger partial charge in [0.25, 0.3) is 5.91 Å². The van der Waals surface area contributed by atoms with Gasteiger partial charge in [0.2, 0.25) is 11.8 Å². The molecule has 1 heterocycles. The number of carbonyl (C=O) groups is 4. The summed E-state index contributed by atoms with van der Waals surface area (Å²) in [6.07, 6.45) is 0.793. The highest BCUT2D eigenvalue weighted by atomic mass is 16.5. The Hall–Kier alpha value is -4.50. The van der Waals surface area contributed by atoms with Crippen LogP contribution >= 0.6 is 0 Å². The number of amides is 5. The lowest BCUT2D eigenvalue weighted by Crippen LogP contribution is -2.48. The lowest BCUT2D eigenvalue weighted by molar-refractivity contribution is -0.146. The highest BCUT2D eigenvalue weighted by Crippen LogP contribution is 2.38. The summed E-state index contributed by atoms with van der Waals surface area (Å²) in [6.45, 7) is 4.38. The molecule has 0 bridgehead atoms. The lowest BCUT2D eigenvalue weighted by Gasteiger charge is -2.31. The first-order chi connectivity index (χ1) is 20.1. The number of rotatable bonds is 10. The second-order valence-electron chi connectivity index (χ2n) is 11.7. The Bertz CT molecular complexity index is 1490. The first-order valence-corrected chi connectivity index (χ1v) is 14.0. The highest BCUT2D eigenvalue weighted by molar-refractivity contribution is 6.07. The van der Waals surface area contributed by atoms with Crippen LogP contribution in [0.1, 0.15) is 36.1 Å². The van der Waals surface area contributed by atoms with Crippen LogP contribution in [0, 0.1) is 5.41 Å². The number of carbonyl (C=O) groups excluding carboxylic acids is 4. The summed E-state index contributed by atoms with van der Waals surface area (Å²) in [7, 11) is 1.63. The minimum Gasteiger partial charge on any atom is -0.376 e. The second-order valence-corrected chi connectivity index (χ2v) is 11.7. The summed E-state index contributed by atoms with van der Waals surface area (Å²) in [6, 6.07) is 24.4. The average molecular weight is 569 g/mol. The molecule has 0 aromatic heterocycles. The van der Waals surface area contributed by atoms with Crippen LogP contribution in [0.2, 0.25) is 0 Å². The van der Waals surface area contributed by atoms with E-state index in [1.165, 1.54) is 4.90 Å². The number of benzene rings is 3. The number of anilines is 1. The second kappa shape index (κ2) is 11.8. The van der Waals surface area contributed by atoms with E-state index < -0.39 is 17.0 Å². The van der Waals surface area contributed by atoms with Crippen LogP contribution in [0.25, 0.3) is 0 Å². The largest absolute Gasteiger partial charge is 0.376 e. The van der Waals surface area contributed by atoms with Crippen LogP contribution in [-0.4, -0.2) is 59.3 Å². The standard InChI is InChI=1S/C33H36N4O5/c1-32(2,22-42-21-24-12-8-5-9-13-24)30(40)37(19-23-10-6-4-7-11-23)20-28(38)34-27-15-14-25-17-33(18-26(25)16-27)29(39)35-31(41)36(33)3/h4-16H,17-22H2,1-3H3,(H,34,38)(H,35,39,41)/t33-/m1/s1. The summed E-state index contributed by atoms with van der Waals surface area (Å²) in [5.41, 5.74) is 2.57. The molecule has 1 aliphatic heterocycles. The smallest absolute Gasteiger partial charge is 0.324 e. The fourth-order valence-corrected chi connectivity index (χ4v) is 5.64. The molecule has 218 valence electrons. The molecular weight excluding hydrogens is 532 g/mol. The molecule has 42 heavy (non-hydrogen) atoms. The van der Waals surface area contributed by atoms with Gasteiger partial charge in [-0.2, -0.15) is 0 Å². The summed E-state index contributed by atoms with van der Waals surface area (Å²) in [5.74, 6) is -0.827. The van der Waals surface area contributed by atoms with Crippen molar-refractivity contribution in [3.63, 3.8) is 0 Å². The molecule has 1 spiro atoms. The van der Waals surface area contributed by atoms with Gasteiger partial charge in [-0.1, -0.05) is 66.7 Å². The number of nitrogens with zero attached hydrogens (tertiary/aromatic N) is 2. The maximum atomic E-state index is 13.8. The SMILES string of the molecule is CN1C(=O)NC(=O)[C@]12Cc1ccc(NC(=O)CN(Cc3ccccc3)C(=O)C(C)(C)COCc3ccccc3)cc1C2. The van der Waals surface area contributed by atoms with Crippen LogP contribution in [0.3, 0.4) is 0 Å². The van der Waals surface area contributed by atoms with Crippen LogP contribution in [0.5, 0.6) is 0 Å². The predicted octanol–water partition coefficient (Wildman–Crippen LogP) is 3.92. The van der Waals surface area contributed by atoms with Crippen LogP contribution in [-0.2, 0) is 45.1 Å². The van der Waals surface area contributed by atoms with Crippen molar-refractivity contribution in [1.29, 1.82) is 0 Å². The molecule has 1 atom stereocenters. The monoisotopic (exact) mass is 568 g/mol. The van der Waals surface area contributed by atoms with Gasteiger partial charge in [0.1, 0.15) is 12.1 Å². The zero-order valence-electron chi connectivity index (χ0n) is 24.2. The summed E-state index contributed by atoms with van der Waals surface area (Å²) in [5, 5.41) is 5.32. The maximum Gasteiger partial charge on any atom is 0.324 e. The molecule has 3 aromatic carbocycles. The van der Waals surface area contributed by atoms with Crippen molar-refractivity contribution in [3.8, 4) is 0 Å². The van der Waals surface area contributed by atoms with Gasteiger partial charge in [-0.05, 0) is 48.2 Å². The van der Waals surface area contributed by atoms with E-state index in [2.05, 4.69) is 10.6 Å². The Morgan fingerprint density at radius 1 is 0.952 bits per heavy atom. The van der Waals surface area contributed by atoms with E-state index >= 15 is 0 Å². The van der Waals surface area contributed by atoms with Crippen molar-refractivity contribution < 1.29 is 23.9 Å². The van der Waals surface area contributed by atoms with Gasteiger partial charge in [0.15, 0.2) is 0 Å². The Morgan fingerprint density at radius 3 is 2.24 bits per heavy atom. The molecule has 1 aliphatic carbocycles. The first kappa shape index (κ1) is 29.0. The highest BCUT2D eigenvalue weighted by Gasteiger charge is 2.54. The molecule has 0 saturated carbocycles. The Balaban J connectivity index is 1.26. The van der Waals surface area contributed by atoms with Crippen molar-refractivity contribution >= 4 is 29.4 Å². The van der Waals surface area contributed by atoms with E-state index in [1.54, 1.807) is 18.0 Å². The van der Waals surface area contributed by atoms with E-state index in [0.29, 0.717) is 25.1 Å². The van der Waals surface area contributed by atoms with Crippen molar-refractivity contribution in [3.05, 3.63) is 101 Å². The number of fused-ring (bicyclic) bond motifs is 1. The fourth-order valence-electron chi connectivity index (χ4n) is 5.64. The van der Waals surface area contributed by atoms with Gasteiger partial charge in [-0.25, -0.2) is 4.79 Å². The summed E-state index contributed by atoms with van der Waals surface area (Å²) in [4.78, 5) is 54.8. The molecule has 3 aromatic rings. The van der Waals surface area contributed by atoms with E-state index in [9.17, 15) is 19.2 Å². The minimum absolute atomic E-state index is 0.142. The van der Waals surface area contributed by atoms with Crippen molar-refractivity contribution in [1.82, 2.24) is 15.1 Å². The van der Waals surface area contributed by atoms with Crippen LogP contribution in [0.15, 0.2) is 78.9 Å². The molecule has 2 N–H and O–H groups in total. The number of hydrogen-bond acceptors (Lipinski definition) is 5. The molecule has 0 unspecified atom stereocenters. The van der Waals surface area contributed by atoms with Crippen molar-refractivity contribution in [2.24, 2.45) is 5.41 Å². The summed E-state index contributed by atoms with van der Waals surface area (Å²) < 4.78 is 5.91. The fraction of sp³-hybridized carbons (Fsp3) is 0.333. The molecule has 9 nitrogen and oxygen atoms in total. The van der Waals surface area contributed by atoms with Gasteiger partial charge in [-0.3, -0.25) is 19.7 Å². The van der Waals surface area contributed by atoms with Crippen molar-refractivity contribution in [2.45, 2.75) is 45.4 Å². The van der Waals surface area contributed by atoms with Crippen LogP contribution < -0.4 is 10.6 Å². The molecule has 1 saturated heterocycles. The minimum atomic E-state index is -0.935. The Morgan fingerprint density at radius 2 is 1.60 bits per heavy atom. The van der Waals surface area contributed by atoms with E-state index in [4.69, 9.17) is 4.74 Å². The lowest BCUT2D eigenvalue weighted by atomic mass is 9.92. The Kier molecular flexibility index (Phi) is 8.13. The maximum absolute atomic E-state index is 13.8. The van der Waals surface area contributed by atoms with Crippen LogP contribution in [0.4, 0.5) is 10.5 Å². The zero-order chi connectivity index (χ0) is 29.9. The summed E-state index contributed by atoms with van der Waals surface area (Å²) >= 11 is 0. The van der Waals surface area contributed by atoms with Gasteiger partial charge < -0.3 is 19.9 Å². The number of likely N-dealkylation sites (N-methyl/N-ethyl adjacent to an activating group) is 1. The third-order valence-electron chi connectivity index (χ3n) is 8.04. The normalized spacial score (nSPS) is 17.7. The molecule has 0 radical (unpaired) electrons. The number of urea groups is 1. The number of nitrogens with one attached hydrogen (secondary N) is 2. The third kappa shape index (κ3) is 6.06. The molecule has 5 rings (SSSR count). The van der Waals surface area contributed by atoms with Crippen molar-refractivity contribution in [2.75, 3.05) is 25.5 Å². The molecule has 9 heteroatoms. The average Bonchev–Trinajstić information content (AvgIpc) is 3.45. The topological polar surface area (TPSA) is 108 Å².